The summed E-state index contributed by atoms with van der Waals surface area (Å²) in [6, 6.07) is 6.54. The molecule has 1 fully saturated rings. The van der Waals surface area contributed by atoms with Gasteiger partial charge in [0.05, 0.1) is 17.7 Å². The molecule has 1 amide bonds. The van der Waals surface area contributed by atoms with Crippen molar-refractivity contribution in [3.8, 4) is 5.75 Å². The Bertz CT molecular complexity index is 1070. The SMILES string of the molecule is COc1ccc(C(=O)Nc2cc([N+](=O)[O-])ccc2F)cc1S(=O)(=O)N1CCCC1. The molecule has 1 aliphatic rings. The summed E-state index contributed by atoms with van der Waals surface area (Å²) >= 11 is 0. The highest BCUT2D eigenvalue weighted by molar-refractivity contribution is 7.89. The lowest BCUT2D eigenvalue weighted by atomic mass is 10.2. The fourth-order valence-electron chi connectivity index (χ4n) is 3.00. The Morgan fingerprint density at radius 3 is 2.52 bits per heavy atom. The molecule has 0 aliphatic carbocycles. The monoisotopic (exact) mass is 423 g/mol. The van der Waals surface area contributed by atoms with Crippen LogP contribution in [0, 0.1) is 15.9 Å². The van der Waals surface area contributed by atoms with Crippen molar-refractivity contribution in [3.63, 3.8) is 0 Å². The van der Waals surface area contributed by atoms with Gasteiger partial charge in [-0.3, -0.25) is 14.9 Å². The van der Waals surface area contributed by atoms with E-state index in [1.54, 1.807) is 0 Å². The second-order valence-electron chi connectivity index (χ2n) is 6.35. The fraction of sp³-hybridized carbons (Fsp3) is 0.278. The first kappa shape index (κ1) is 20.7. The van der Waals surface area contributed by atoms with Crippen molar-refractivity contribution >= 4 is 27.3 Å². The first-order valence-corrected chi connectivity index (χ1v) is 10.1. The van der Waals surface area contributed by atoms with Crippen LogP contribution < -0.4 is 10.1 Å². The second kappa shape index (κ2) is 8.13. The van der Waals surface area contributed by atoms with Crippen LogP contribution >= 0.6 is 0 Å². The zero-order chi connectivity index (χ0) is 21.2. The number of anilines is 1. The molecule has 3 rings (SSSR count). The van der Waals surface area contributed by atoms with Gasteiger partial charge in [0.15, 0.2) is 0 Å². The number of non-ortho nitro benzene ring substituents is 1. The number of amides is 1. The third kappa shape index (κ3) is 4.20. The highest BCUT2D eigenvalue weighted by atomic mass is 32.2. The first-order valence-electron chi connectivity index (χ1n) is 8.67. The molecule has 1 aliphatic heterocycles. The van der Waals surface area contributed by atoms with Crippen molar-refractivity contribution in [1.82, 2.24) is 4.31 Å². The number of methoxy groups -OCH3 is 1. The van der Waals surface area contributed by atoms with Crippen LogP contribution in [0.25, 0.3) is 0 Å². The normalized spacial score (nSPS) is 14.6. The van der Waals surface area contributed by atoms with Gasteiger partial charge in [0, 0.05) is 30.8 Å². The fourth-order valence-corrected chi connectivity index (χ4v) is 4.70. The Morgan fingerprint density at radius 2 is 1.90 bits per heavy atom. The zero-order valence-corrected chi connectivity index (χ0v) is 16.2. The van der Waals surface area contributed by atoms with Crippen LogP contribution in [0.1, 0.15) is 23.2 Å². The summed E-state index contributed by atoms with van der Waals surface area (Å²) in [6.45, 7) is 0.752. The van der Waals surface area contributed by atoms with E-state index >= 15 is 0 Å². The third-order valence-corrected chi connectivity index (χ3v) is 6.44. The predicted octanol–water partition coefficient (Wildman–Crippen LogP) is 2.78. The summed E-state index contributed by atoms with van der Waals surface area (Å²) in [5.41, 5.74) is -0.841. The van der Waals surface area contributed by atoms with Gasteiger partial charge in [-0.15, -0.1) is 0 Å². The van der Waals surface area contributed by atoms with Gasteiger partial charge < -0.3 is 10.1 Å². The van der Waals surface area contributed by atoms with E-state index in [1.165, 1.54) is 23.5 Å². The summed E-state index contributed by atoms with van der Waals surface area (Å²) in [4.78, 5) is 22.5. The van der Waals surface area contributed by atoms with Crippen LogP contribution in [0.3, 0.4) is 0 Å². The number of carbonyl (C=O) groups excluding carboxylic acids is 1. The number of hydrogen-bond donors (Lipinski definition) is 1. The number of nitrogens with one attached hydrogen (secondary N) is 1. The summed E-state index contributed by atoms with van der Waals surface area (Å²) in [7, 11) is -2.56. The van der Waals surface area contributed by atoms with Crippen LogP contribution in [0.2, 0.25) is 0 Å². The lowest BCUT2D eigenvalue weighted by Crippen LogP contribution is -2.28. The van der Waals surface area contributed by atoms with Crippen molar-refractivity contribution in [1.29, 1.82) is 0 Å². The minimum Gasteiger partial charge on any atom is -0.495 e. The largest absolute Gasteiger partial charge is 0.495 e. The summed E-state index contributed by atoms with van der Waals surface area (Å²) in [6.07, 6.45) is 1.49. The van der Waals surface area contributed by atoms with Gasteiger partial charge in [0.1, 0.15) is 16.5 Å². The van der Waals surface area contributed by atoms with Gasteiger partial charge in [0.25, 0.3) is 11.6 Å². The van der Waals surface area contributed by atoms with E-state index in [1.807, 2.05) is 0 Å². The van der Waals surface area contributed by atoms with Crippen LogP contribution in [-0.4, -0.2) is 43.8 Å². The average molecular weight is 423 g/mol. The predicted molar refractivity (Wildman–Crippen MR) is 102 cm³/mol. The molecule has 11 heteroatoms. The maximum atomic E-state index is 13.9. The van der Waals surface area contributed by atoms with Gasteiger partial charge in [-0.25, -0.2) is 12.8 Å². The number of hydrogen-bond acceptors (Lipinski definition) is 6. The van der Waals surface area contributed by atoms with E-state index in [0.29, 0.717) is 13.1 Å². The topological polar surface area (TPSA) is 119 Å². The maximum Gasteiger partial charge on any atom is 0.271 e. The number of carbonyl (C=O) groups is 1. The number of ether oxygens (including phenoxy) is 1. The van der Waals surface area contributed by atoms with Gasteiger partial charge in [-0.05, 0) is 37.1 Å². The van der Waals surface area contributed by atoms with Crippen molar-refractivity contribution in [2.75, 3.05) is 25.5 Å². The van der Waals surface area contributed by atoms with E-state index in [-0.39, 0.29) is 21.9 Å². The van der Waals surface area contributed by atoms with Crippen molar-refractivity contribution in [2.45, 2.75) is 17.7 Å². The Kier molecular flexibility index (Phi) is 5.80. The lowest BCUT2D eigenvalue weighted by Gasteiger charge is -2.18. The number of rotatable bonds is 6. The number of nitrogens with zero attached hydrogens (tertiary/aromatic N) is 2. The molecule has 1 N–H and O–H groups in total. The van der Waals surface area contributed by atoms with Gasteiger partial charge >= 0.3 is 0 Å². The first-order chi connectivity index (χ1) is 13.7. The van der Waals surface area contributed by atoms with Crippen LogP contribution in [0.15, 0.2) is 41.3 Å². The number of nitro groups is 1. The van der Waals surface area contributed by atoms with Crippen LogP contribution in [0.5, 0.6) is 5.75 Å². The smallest absolute Gasteiger partial charge is 0.271 e. The number of halogens is 1. The molecule has 0 unspecified atom stereocenters. The molecule has 154 valence electrons. The molecule has 0 bridgehead atoms. The van der Waals surface area contributed by atoms with Gasteiger partial charge in [0.2, 0.25) is 10.0 Å². The number of benzene rings is 2. The molecule has 9 nitrogen and oxygen atoms in total. The molecule has 1 saturated heterocycles. The number of sulfonamides is 1. The minimum absolute atomic E-state index is 0.0607. The Labute approximate surface area is 166 Å². The highest BCUT2D eigenvalue weighted by Gasteiger charge is 2.30. The van der Waals surface area contributed by atoms with Crippen molar-refractivity contribution < 1.29 is 27.3 Å². The lowest BCUT2D eigenvalue weighted by molar-refractivity contribution is -0.384. The average Bonchev–Trinajstić information content (AvgIpc) is 3.24. The second-order valence-corrected chi connectivity index (χ2v) is 8.26. The standard InChI is InChI=1S/C18H18FN3O6S/c1-28-16-7-4-12(10-17(16)29(26,27)21-8-2-3-9-21)18(23)20-15-11-13(22(24)25)5-6-14(15)19/h4-7,10-11H,2-3,8-9H2,1H3,(H,20,23). The molecule has 0 radical (unpaired) electrons. The Hall–Kier alpha value is -3.05. The van der Waals surface area contributed by atoms with Crippen LogP contribution in [-0.2, 0) is 10.0 Å². The Morgan fingerprint density at radius 1 is 1.21 bits per heavy atom. The molecule has 1 heterocycles. The van der Waals surface area contributed by atoms with Gasteiger partial charge in [-0.1, -0.05) is 0 Å². The molecule has 0 aromatic heterocycles. The van der Waals surface area contributed by atoms with Crippen molar-refractivity contribution in [2.24, 2.45) is 0 Å². The summed E-state index contributed by atoms with van der Waals surface area (Å²) in [5.74, 6) is -1.60. The molecule has 0 atom stereocenters. The molecular formula is C18H18FN3O6S. The summed E-state index contributed by atoms with van der Waals surface area (Å²) < 4.78 is 46.2. The van der Waals surface area contributed by atoms with E-state index < -0.39 is 32.4 Å². The van der Waals surface area contributed by atoms with Gasteiger partial charge in [-0.2, -0.15) is 4.31 Å². The third-order valence-electron chi connectivity index (χ3n) is 4.52. The van der Waals surface area contributed by atoms with Crippen LogP contribution in [0.4, 0.5) is 15.8 Å². The molecule has 2 aromatic carbocycles. The molecule has 0 saturated carbocycles. The highest BCUT2D eigenvalue weighted by Crippen LogP contribution is 2.30. The number of nitro benzene ring substituents is 1. The molecule has 2 aromatic rings. The van der Waals surface area contributed by atoms with E-state index in [0.717, 1.165) is 37.1 Å². The maximum absolute atomic E-state index is 13.9. The van der Waals surface area contributed by atoms with E-state index in [2.05, 4.69) is 5.32 Å². The van der Waals surface area contributed by atoms with E-state index in [9.17, 15) is 27.7 Å². The zero-order valence-electron chi connectivity index (χ0n) is 15.4. The van der Waals surface area contributed by atoms with Crippen molar-refractivity contribution in [3.05, 3.63) is 57.9 Å². The molecule has 29 heavy (non-hydrogen) atoms. The Balaban J connectivity index is 1.94. The molecule has 0 spiro atoms. The quantitative estimate of drug-likeness (QED) is 0.564. The minimum atomic E-state index is -3.87. The summed E-state index contributed by atoms with van der Waals surface area (Å²) in [5, 5.41) is 13.1. The molecular weight excluding hydrogens is 405 g/mol. The van der Waals surface area contributed by atoms with E-state index in [4.69, 9.17) is 4.74 Å².